The van der Waals surface area contributed by atoms with Crippen molar-refractivity contribution in [2.75, 3.05) is 17.9 Å². The van der Waals surface area contributed by atoms with Gasteiger partial charge in [0.2, 0.25) is 0 Å². The summed E-state index contributed by atoms with van der Waals surface area (Å²) in [6.45, 7) is 2.91. The summed E-state index contributed by atoms with van der Waals surface area (Å²) in [5.74, 6) is -0.361. The lowest BCUT2D eigenvalue weighted by Crippen LogP contribution is -2.28. The number of rotatable bonds is 6. The minimum Gasteiger partial charge on any atom is -0.316 e. The van der Waals surface area contributed by atoms with Gasteiger partial charge in [-0.05, 0) is 37.9 Å². The molecule has 2 N–H and O–H groups in total. The summed E-state index contributed by atoms with van der Waals surface area (Å²) in [5, 5.41) is 6.68. The van der Waals surface area contributed by atoms with E-state index in [1.807, 2.05) is 6.92 Å². The molecule has 3 rings (SSSR count). The van der Waals surface area contributed by atoms with Crippen LogP contribution in [-0.4, -0.2) is 31.4 Å². The van der Waals surface area contributed by atoms with E-state index < -0.39 is 21.9 Å². The Morgan fingerprint density at radius 3 is 2.59 bits per heavy atom. The Bertz CT molecular complexity index is 895. The number of alkyl halides is 3. The first kappa shape index (κ1) is 19.7. The molecule has 0 saturated heterocycles. The van der Waals surface area contributed by atoms with Gasteiger partial charge in [0.25, 0.3) is 10.0 Å². The summed E-state index contributed by atoms with van der Waals surface area (Å²) < 4.78 is 65.8. The molecule has 2 aromatic rings. The first-order valence-electron chi connectivity index (χ1n) is 8.71. The van der Waals surface area contributed by atoms with Crippen molar-refractivity contribution in [2.24, 2.45) is 0 Å². The quantitative estimate of drug-likeness (QED) is 0.779. The topological polar surface area (TPSA) is 76.0 Å². The summed E-state index contributed by atoms with van der Waals surface area (Å²) in [7, 11) is -4.05. The van der Waals surface area contributed by atoms with Gasteiger partial charge in [-0.2, -0.15) is 31.2 Å². The molecule has 10 heteroatoms. The van der Waals surface area contributed by atoms with Gasteiger partial charge < -0.3 is 5.32 Å². The van der Waals surface area contributed by atoms with Gasteiger partial charge in [-0.3, -0.25) is 0 Å². The van der Waals surface area contributed by atoms with E-state index in [0.29, 0.717) is 32.4 Å². The molecule has 0 fully saturated rings. The Morgan fingerprint density at radius 1 is 1.26 bits per heavy atom. The first-order chi connectivity index (χ1) is 12.7. The maximum Gasteiger partial charge on any atom is 0.435 e. The molecule has 0 bridgehead atoms. The Labute approximate surface area is 155 Å². The van der Waals surface area contributed by atoms with Crippen LogP contribution in [-0.2, 0) is 22.6 Å². The SMILES string of the molecule is CCNCC1CCCc2c1c(C(F)(F)F)nn2NS(=O)(=O)c1ccccc1. The fourth-order valence-electron chi connectivity index (χ4n) is 3.37. The van der Waals surface area contributed by atoms with Gasteiger partial charge >= 0.3 is 6.18 Å². The largest absolute Gasteiger partial charge is 0.435 e. The number of benzene rings is 1. The molecule has 0 radical (unpaired) electrons. The molecule has 1 heterocycles. The van der Waals surface area contributed by atoms with Gasteiger partial charge in [0, 0.05) is 18.0 Å². The van der Waals surface area contributed by atoms with Crippen molar-refractivity contribution in [1.29, 1.82) is 0 Å². The average molecular weight is 402 g/mol. The van der Waals surface area contributed by atoms with E-state index in [2.05, 4.69) is 15.2 Å². The molecular formula is C17H21F3N4O2S. The maximum atomic E-state index is 13.6. The van der Waals surface area contributed by atoms with Crippen molar-refractivity contribution in [1.82, 2.24) is 15.2 Å². The molecule has 1 aliphatic carbocycles. The number of aromatic nitrogens is 2. The highest BCUT2D eigenvalue weighted by molar-refractivity contribution is 7.92. The lowest BCUT2D eigenvalue weighted by atomic mass is 9.85. The van der Waals surface area contributed by atoms with Crippen LogP contribution in [0.4, 0.5) is 13.2 Å². The molecule has 0 amide bonds. The van der Waals surface area contributed by atoms with Crippen molar-refractivity contribution in [3.05, 3.63) is 47.3 Å². The second kappa shape index (κ2) is 7.51. The zero-order chi connectivity index (χ0) is 19.7. The van der Waals surface area contributed by atoms with E-state index in [0.717, 1.165) is 4.79 Å². The molecule has 148 valence electrons. The zero-order valence-corrected chi connectivity index (χ0v) is 15.6. The molecule has 6 nitrogen and oxygen atoms in total. The van der Waals surface area contributed by atoms with Crippen LogP contribution < -0.4 is 10.1 Å². The molecule has 0 saturated carbocycles. The van der Waals surface area contributed by atoms with Crippen LogP contribution in [0.25, 0.3) is 0 Å². The van der Waals surface area contributed by atoms with E-state index in [1.54, 1.807) is 18.2 Å². The van der Waals surface area contributed by atoms with E-state index in [1.165, 1.54) is 12.1 Å². The van der Waals surface area contributed by atoms with Crippen LogP contribution in [0, 0.1) is 0 Å². The van der Waals surface area contributed by atoms with Crippen LogP contribution in [0.1, 0.15) is 42.6 Å². The number of halogens is 3. The van der Waals surface area contributed by atoms with Crippen molar-refractivity contribution in [3.8, 4) is 0 Å². The summed E-state index contributed by atoms with van der Waals surface area (Å²) in [4.78, 5) is 2.94. The number of nitrogens with zero attached hydrogens (tertiary/aromatic N) is 2. The summed E-state index contributed by atoms with van der Waals surface area (Å²) in [6.07, 6.45) is -3.06. The zero-order valence-electron chi connectivity index (χ0n) is 14.8. The molecule has 0 aliphatic heterocycles. The van der Waals surface area contributed by atoms with Crippen molar-refractivity contribution < 1.29 is 21.6 Å². The highest BCUT2D eigenvalue weighted by Gasteiger charge is 2.42. The predicted octanol–water partition coefficient (Wildman–Crippen LogP) is 2.86. The normalized spacial score (nSPS) is 17.6. The van der Waals surface area contributed by atoms with Crippen molar-refractivity contribution in [3.63, 3.8) is 0 Å². The summed E-state index contributed by atoms with van der Waals surface area (Å²) in [6, 6.07) is 7.48. The summed E-state index contributed by atoms with van der Waals surface area (Å²) in [5.41, 5.74) is -0.655. The third-order valence-electron chi connectivity index (χ3n) is 4.57. The smallest absolute Gasteiger partial charge is 0.316 e. The first-order valence-corrected chi connectivity index (χ1v) is 10.2. The Morgan fingerprint density at radius 2 is 1.96 bits per heavy atom. The number of nitrogens with one attached hydrogen (secondary N) is 2. The van der Waals surface area contributed by atoms with E-state index in [9.17, 15) is 21.6 Å². The van der Waals surface area contributed by atoms with Crippen molar-refractivity contribution in [2.45, 2.75) is 43.2 Å². The molecule has 1 unspecified atom stereocenters. The average Bonchev–Trinajstić information content (AvgIpc) is 3.00. The van der Waals surface area contributed by atoms with Gasteiger partial charge in [0.15, 0.2) is 5.69 Å². The van der Waals surface area contributed by atoms with E-state index in [-0.39, 0.29) is 22.1 Å². The number of sulfonamides is 1. The van der Waals surface area contributed by atoms with E-state index >= 15 is 0 Å². The molecule has 27 heavy (non-hydrogen) atoms. The van der Waals surface area contributed by atoms with Crippen LogP contribution >= 0.6 is 0 Å². The molecular weight excluding hydrogens is 381 g/mol. The third kappa shape index (κ3) is 4.11. The van der Waals surface area contributed by atoms with Gasteiger partial charge in [0.1, 0.15) is 0 Å². The van der Waals surface area contributed by atoms with Crippen LogP contribution in [0.2, 0.25) is 0 Å². The second-order valence-electron chi connectivity index (χ2n) is 6.42. The lowest BCUT2D eigenvalue weighted by molar-refractivity contribution is -0.142. The third-order valence-corrected chi connectivity index (χ3v) is 5.87. The van der Waals surface area contributed by atoms with Crippen molar-refractivity contribution >= 4 is 10.0 Å². The molecule has 0 spiro atoms. The Kier molecular flexibility index (Phi) is 5.48. The predicted molar refractivity (Wildman–Crippen MR) is 94.4 cm³/mol. The van der Waals surface area contributed by atoms with E-state index in [4.69, 9.17) is 0 Å². The minimum atomic E-state index is -4.66. The maximum absolute atomic E-state index is 13.6. The Balaban J connectivity index is 2.03. The number of hydrogen-bond donors (Lipinski definition) is 2. The highest BCUT2D eigenvalue weighted by atomic mass is 32.2. The second-order valence-corrected chi connectivity index (χ2v) is 8.08. The lowest BCUT2D eigenvalue weighted by Gasteiger charge is -2.24. The fraction of sp³-hybridized carbons (Fsp3) is 0.471. The summed E-state index contributed by atoms with van der Waals surface area (Å²) >= 11 is 0. The molecule has 1 aromatic heterocycles. The van der Waals surface area contributed by atoms with Gasteiger partial charge in [-0.1, -0.05) is 25.1 Å². The fourth-order valence-corrected chi connectivity index (χ4v) is 4.37. The number of hydrogen-bond acceptors (Lipinski definition) is 4. The van der Waals surface area contributed by atoms with Gasteiger partial charge in [-0.15, -0.1) is 5.10 Å². The minimum absolute atomic E-state index is 0.0391. The van der Waals surface area contributed by atoms with Gasteiger partial charge in [0.05, 0.1) is 10.6 Å². The number of fused-ring (bicyclic) bond motifs is 1. The highest BCUT2D eigenvalue weighted by Crippen LogP contribution is 2.40. The standard InChI is InChI=1S/C17H21F3N4O2S/c1-2-21-11-12-7-6-10-14-15(12)16(17(18,19)20)22-24(14)23-27(25,26)13-8-4-3-5-9-13/h3-5,8-9,12,21,23H,2,6-7,10-11H2,1H3. The van der Waals surface area contributed by atoms with Crippen LogP contribution in [0.15, 0.2) is 35.2 Å². The molecule has 1 aromatic carbocycles. The molecule has 1 atom stereocenters. The van der Waals surface area contributed by atoms with Gasteiger partial charge in [-0.25, -0.2) is 0 Å². The van der Waals surface area contributed by atoms with Crippen LogP contribution in [0.5, 0.6) is 0 Å². The van der Waals surface area contributed by atoms with Crippen LogP contribution in [0.3, 0.4) is 0 Å². The molecule has 1 aliphatic rings. The Hall–Kier alpha value is -2.07. The number of likely N-dealkylation sites (N-methyl/N-ethyl adjacent to an activating group) is 1. The monoisotopic (exact) mass is 402 g/mol.